The molecule has 1 aromatic carbocycles. The van der Waals surface area contributed by atoms with Crippen LogP contribution in [-0.4, -0.2) is 36.6 Å². The van der Waals surface area contributed by atoms with Crippen molar-refractivity contribution in [3.8, 4) is 6.07 Å². The zero-order chi connectivity index (χ0) is 13.9. The van der Waals surface area contributed by atoms with Crippen LogP contribution < -0.4 is 0 Å². The van der Waals surface area contributed by atoms with E-state index < -0.39 is 0 Å². The van der Waals surface area contributed by atoms with Crippen molar-refractivity contribution >= 4 is 5.91 Å². The quantitative estimate of drug-likeness (QED) is 0.842. The van der Waals surface area contributed by atoms with Crippen LogP contribution in [-0.2, 0) is 4.74 Å². The molecule has 0 bridgehead atoms. The van der Waals surface area contributed by atoms with Crippen molar-refractivity contribution < 1.29 is 9.53 Å². The Morgan fingerprint density at radius 1 is 1.40 bits per heavy atom. The Labute approximate surface area is 118 Å². The first-order valence-corrected chi connectivity index (χ1v) is 7.17. The van der Waals surface area contributed by atoms with Gasteiger partial charge in [0.15, 0.2) is 0 Å². The second kappa shape index (κ2) is 5.64. The van der Waals surface area contributed by atoms with Crippen molar-refractivity contribution in [2.75, 3.05) is 19.7 Å². The van der Waals surface area contributed by atoms with E-state index in [2.05, 4.69) is 6.07 Å². The van der Waals surface area contributed by atoms with E-state index in [0.29, 0.717) is 17.7 Å². The lowest BCUT2D eigenvalue weighted by molar-refractivity contribution is 0.0480. The van der Waals surface area contributed by atoms with E-state index in [1.165, 1.54) is 12.8 Å². The number of amides is 1. The van der Waals surface area contributed by atoms with Crippen LogP contribution in [0.25, 0.3) is 0 Å². The molecule has 0 radical (unpaired) electrons. The van der Waals surface area contributed by atoms with E-state index in [9.17, 15) is 4.79 Å². The van der Waals surface area contributed by atoms with Crippen molar-refractivity contribution in [1.29, 1.82) is 5.26 Å². The number of benzene rings is 1. The van der Waals surface area contributed by atoms with Gasteiger partial charge in [-0.1, -0.05) is 6.07 Å². The number of nitriles is 1. The molecule has 1 amide bonds. The summed E-state index contributed by atoms with van der Waals surface area (Å²) in [5.41, 5.74) is 1.11. The first-order chi connectivity index (χ1) is 9.76. The molecule has 1 aliphatic heterocycles. The molecule has 4 heteroatoms. The highest BCUT2D eigenvalue weighted by Crippen LogP contribution is 2.30. The molecule has 3 rings (SSSR count). The molecule has 1 saturated heterocycles. The lowest BCUT2D eigenvalue weighted by Gasteiger charge is -2.17. The van der Waals surface area contributed by atoms with Crippen molar-refractivity contribution in [3.63, 3.8) is 0 Å². The Morgan fingerprint density at radius 2 is 2.25 bits per heavy atom. The minimum atomic E-state index is -0.000350. The minimum Gasteiger partial charge on any atom is -0.376 e. The zero-order valence-electron chi connectivity index (χ0n) is 11.4. The molecule has 1 heterocycles. The summed E-state index contributed by atoms with van der Waals surface area (Å²) in [7, 11) is 0. The summed E-state index contributed by atoms with van der Waals surface area (Å²) in [5, 5.41) is 8.88. The third kappa shape index (κ3) is 3.00. The van der Waals surface area contributed by atoms with Crippen LogP contribution in [0.1, 0.15) is 35.2 Å². The lowest BCUT2D eigenvalue weighted by atomic mass is 10.1. The van der Waals surface area contributed by atoms with Gasteiger partial charge in [-0.25, -0.2) is 0 Å². The van der Waals surface area contributed by atoms with Crippen LogP contribution in [0.4, 0.5) is 0 Å². The molecule has 1 saturated carbocycles. The molecule has 4 nitrogen and oxygen atoms in total. The first-order valence-electron chi connectivity index (χ1n) is 7.17. The lowest BCUT2D eigenvalue weighted by Crippen LogP contribution is -2.30. The zero-order valence-corrected chi connectivity index (χ0v) is 11.4. The van der Waals surface area contributed by atoms with Gasteiger partial charge in [0.05, 0.1) is 17.7 Å². The van der Waals surface area contributed by atoms with Crippen LogP contribution in [0.3, 0.4) is 0 Å². The standard InChI is InChI=1S/C16H18N2O2/c17-9-13-2-1-3-14(8-13)16(19)18-7-6-15(10-18)20-11-12-4-5-12/h1-3,8,12,15H,4-7,10-11H2/t15-/m1/s1. The monoisotopic (exact) mass is 270 g/mol. The minimum absolute atomic E-state index is 0.000350. The van der Waals surface area contributed by atoms with Crippen LogP contribution in [0, 0.1) is 17.2 Å². The molecule has 1 atom stereocenters. The number of hydrogen-bond acceptors (Lipinski definition) is 3. The van der Waals surface area contributed by atoms with Gasteiger partial charge in [-0.3, -0.25) is 4.79 Å². The predicted molar refractivity (Wildman–Crippen MR) is 74.1 cm³/mol. The molecule has 1 aliphatic carbocycles. The third-order valence-corrected chi connectivity index (χ3v) is 3.94. The Bertz CT molecular complexity index is 546. The summed E-state index contributed by atoms with van der Waals surface area (Å²) < 4.78 is 5.84. The van der Waals surface area contributed by atoms with Gasteiger partial charge in [-0.2, -0.15) is 5.26 Å². The van der Waals surface area contributed by atoms with Gasteiger partial charge in [0.25, 0.3) is 5.91 Å². The normalized spacial score (nSPS) is 21.8. The highest BCUT2D eigenvalue weighted by atomic mass is 16.5. The summed E-state index contributed by atoms with van der Waals surface area (Å²) in [6.07, 6.45) is 3.67. The topological polar surface area (TPSA) is 53.3 Å². The second-order valence-electron chi connectivity index (χ2n) is 5.63. The molecular weight excluding hydrogens is 252 g/mol. The largest absolute Gasteiger partial charge is 0.376 e. The number of ether oxygens (including phenoxy) is 1. The van der Waals surface area contributed by atoms with E-state index in [0.717, 1.165) is 25.5 Å². The summed E-state index contributed by atoms with van der Waals surface area (Å²) in [6, 6.07) is 8.95. The van der Waals surface area contributed by atoms with Gasteiger partial charge in [0.1, 0.15) is 0 Å². The van der Waals surface area contributed by atoms with Gasteiger partial charge in [0, 0.05) is 25.3 Å². The van der Waals surface area contributed by atoms with Gasteiger partial charge in [-0.05, 0) is 43.4 Å². The van der Waals surface area contributed by atoms with Gasteiger partial charge in [0.2, 0.25) is 0 Å². The fourth-order valence-electron chi connectivity index (χ4n) is 2.51. The van der Waals surface area contributed by atoms with E-state index in [1.54, 1.807) is 24.3 Å². The highest BCUT2D eigenvalue weighted by molar-refractivity contribution is 5.94. The van der Waals surface area contributed by atoms with Gasteiger partial charge in [-0.15, -0.1) is 0 Å². The SMILES string of the molecule is N#Cc1cccc(C(=O)N2CC[C@@H](OCC3CC3)C2)c1. The van der Waals surface area contributed by atoms with Crippen molar-refractivity contribution in [3.05, 3.63) is 35.4 Å². The Morgan fingerprint density at radius 3 is 3.00 bits per heavy atom. The number of rotatable bonds is 4. The van der Waals surface area contributed by atoms with E-state index in [-0.39, 0.29) is 12.0 Å². The van der Waals surface area contributed by atoms with Gasteiger partial charge < -0.3 is 9.64 Å². The molecule has 0 aromatic heterocycles. The van der Waals surface area contributed by atoms with Crippen molar-refractivity contribution in [1.82, 2.24) is 4.90 Å². The van der Waals surface area contributed by atoms with Crippen molar-refractivity contribution in [2.45, 2.75) is 25.4 Å². The maximum Gasteiger partial charge on any atom is 0.253 e. The molecule has 2 aliphatic rings. The van der Waals surface area contributed by atoms with E-state index >= 15 is 0 Å². The molecular formula is C16H18N2O2. The van der Waals surface area contributed by atoms with E-state index in [4.69, 9.17) is 10.00 Å². The Hall–Kier alpha value is -1.86. The predicted octanol–water partition coefficient (Wildman–Crippen LogP) is 2.20. The van der Waals surface area contributed by atoms with Crippen molar-refractivity contribution in [2.24, 2.45) is 5.92 Å². The molecule has 0 spiro atoms. The number of carbonyl (C=O) groups is 1. The Balaban J connectivity index is 1.58. The maximum absolute atomic E-state index is 12.4. The number of carbonyl (C=O) groups excluding carboxylic acids is 1. The average Bonchev–Trinajstić information content (AvgIpc) is 3.21. The van der Waals surface area contributed by atoms with E-state index in [1.807, 2.05) is 4.90 Å². The smallest absolute Gasteiger partial charge is 0.253 e. The maximum atomic E-state index is 12.4. The van der Waals surface area contributed by atoms with Gasteiger partial charge >= 0.3 is 0 Å². The fourth-order valence-corrected chi connectivity index (χ4v) is 2.51. The molecule has 0 N–H and O–H groups in total. The van der Waals surface area contributed by atoms with Crippen LogP contribution in [0.2, 0.25) is 0 Å². The third-order valence-electron chi connectivity index (χ3n) is 3.94. The average molecular weight is 270 g/mol. The molecule has 0 unspecified atom stereocenters. The summed E-state index contributed by atoms with van der Waals surface area (Å²) in [4.78, 5) is 14.2. The first kappa shape index (κ1) is 13.1. The number of likely N-dealkylation sites (tertiary alicyclic amines) is 1. The molecule has 20 heavy (non-hydrogen) atoms. The Kier molecular flexibility index (Phi) is 3.70. The molecule has 2 fully saturated rings. The summed E-state index contributed by atoms with van der Waals surface area (Å²) in [5.74, 6) is 0.756. The molecule has 104 valence electrons. The summed E-state index contributed by atoms with van der Waals surface area (Å²) in [6.45, 7) is 2.25. The highest BCUT2D eigenvalue weighted by Gasteiger charge is 2.29. The van der Waals surface area contributed by atoms with Crippen LogP contribution in [0.5, 0.6) is 0 Å². The second-order valence-corrected chi connectivity index (χ2v) is 5.63. The number of nitrogens with zero attached hydrogens (tertiary/aromatic N) is 2. The number of hydrogen-bond donors (Lipinski definition) is 0. The van der Waals surface area contributed by atoms with Crippen LogP contribution in [0.15, 0.2) is 24.3 Å². The fraction of sp³-hybridized carbons (Fsp3) is 0.500. The summed E-state index contributed by atoms with van der Waals surface area (Å²) >= 11 is 0. The van der Waals surface area contributed by atoms with Crippen LogP contribution >= 0.6 is 0 Å². The molecule has 1 aromatic rings.